The van der Waals surface area contributed by atoms with Crippen molar-refractivity contribution in [3.8, 4) is 11.3 Å². The smallest absolute Gasteiger partial charge is 0.326 e. The number of rotatable bonds is 6. The Labute approximate surface area is 143 Å². The Morgan fingerprint density at radius 1 is 1.24 bits per heavy atom. The van der Waals surface area contributed by atoms with Crippen molar-refractivity contribution in [3.63, 3.8) is 0 Å². The van der Waals surface area contributed by atoms with Crippen LogP contribution in [0.4, 0.5) is 4.39 Å². The Bertz CT molecular complexity index is 848. The molecule has 1 heterocycles. The van der Waals surface area contributed by atoms with Gasteiger partial charge in [-0.25, -0.2) is 13.9 Å². The first-order chi connectivity index (χ1) is 11.8. The van der Waals surface area contributed by atoms with Crippen molar-refractivity contribution in [2.75, 3.05) is 0 Å². The number of carbonyl (C=O) groups is 2. The van der Waals surface area contributed by atoms with Crippen molar-refractivity contribution >= 4 is 11.9 Å². The van der Waals surface area contributed by atoms with Crippen LogP contribution in [0, 0.1) is 11.7 Å². The predicted octanol–water partition coefficient (Wildman–Crippen LogP) is 1.27. The van der Waals surface area contributed by atoms with E-state index in [4.69, 9.17) is 5.11 Å². The van der Waals surface area contributed by atoms with Gasteiger partial charge in [-0.3, -0.25) is 9.59 Å². The lowest BCUT2D eigenvalue weighted by Crippen LogP contribution is -2.46. The van der Waals surface area contributed by atoms with Crippen LogP contribution in [0.2, 0.25) is 0 Å². The molecular weight excluding hydrogens is 329 g/mol. The number of benzene rings is 1. The fraction of sp³-hybridized carbons (Fsp3) is 0.294. The molecule has 1 aromatic carbocycles. The van der Waals surface area contributed by atoms with E-state index in [2.05, 4.69) is 10.4 Å². The van der Waals surface area contributed by atoms with E-state index in [1.165, 1.54) is 30.3 Å². The van der Waals surface area contributed by atoms with Crippen LogP contribution >= 0.6 is 0 Å². The van der Waals surface area contributed by atoms with Crippen LogP contribution in [-0.2, 0) is 16.1 Å². The zero-order valence-corrected chi connectivity index (χ0v) is 13.8. The second-order valence-corrected chi connectivity index (χ2v) is 5.82. The third-order valence-electron chi connectivity index (χ3n) is 3.56. The number of carboxylic acids is 1. The van der Waals surface area contributed by atoms with Gasteiger partial charge in [-0.05, 0) is 24.1 Å². The number of halogens is 1. The number of nitrogens with zero attached hydrogens (tertiary/aromatic N) is 2. The number of carboxylic acid groups (broad SMARTS) is 1. The molecule has 25 heavy (non-hydrogen) atoms. The van der Waals surface area contributed by atoms with Crippen LogP contribution in [0.15, 0.2) is 41.2 Å². The van der Waals surface area contributed by atoms with E-state index in [1.54, 1.807) is 19.9 Å². The molecule has 0 saturated heterocycles. The van der Waals surface area contributed by atoms with Crippen molar-refractivity contribution < 1.29 is 19.1 Å². The lowest BCUT2D eigenvalue weighted by Gasteiger charge is -2.18. The van der Waals surface area contributed by atoms with Crippen molar-refractivity contribution in [2.24, 2.45) is 5.92 Å². The molecule has 0 fully saturated rings. The zero-order chi connectivity index (χ0) is 18.6. The average molecular weight is 347 g/mol. The molecule has 132 valence electrons. The summed E-state index contributed by atoms with van der Waals surface area (Å²) < 4.78 is 14.7. The molecule has 1 atom stereocenters. The summed E-state index contributed by atoms with van der Waals surface area (Å²) in [5, 5.41) is 15.4. The molecule has 2 aromatic rings. The fourth-order valence-electron chi connectivity index (χ4n) is 2.24. The molecule has 1 aromatic heterocycles. The molecule has 1 amide bonds. The average Bonchev–Trinajstić information content (AvgIpc) is 2.54. The minimum atomic E-state index is -1.16. The lowest BCUT2D eigenvalue weighted by molar-refractivity contribution is -0.143. The van der Waals surface area contributed by atoms with Crippen LogP contribution in [0.1, 0.15) is 13.8 Å². The van der Waals surface area contributed by atoms with E-state index < -0.39 is 35.8 Å². The Hall–Kier alpha value is -3.03. The molecule has 0 radical (unpaired) electrons. The van der Waals surface area contributed by atoms with Crippen molar-refractivity contribution in [3.05, 3.63) is 52.6 Å². The number of aliphatic carboxylic acids is 1. The maximum Gasteiger partial charge on any atom is 0.326 e. The molecule has 0 spiro atoms. The first-order valence-corrected chi connectivity index (χ1v) is 7.65. The first-order valence-electron chi connectivity index (χ1n) is 7.65. The molecular formula is C17H18FN3O4. The monoisotopic (exact) mass is 347 g/mol. The summed E-state index contributed by atoms with van der Waals surface area (Å²) in [4.78, 5) is 35.1. The van der Waals surface area contributed by atoms with Gasteiger partial charge in [0.05, 0.1) is 5.69 Å². The first kappa shape index (κ1) is 18.3. The summed E-state index contributed by atoms with van der Waals surface area (Å²) in [5.74, 6) is -2.66. The SMILES string of the molecule is CC(C)[C@H](NC(=O)Cn1nc(-c2ccccc2F)ccc1=O)C(=O)O. The van der Waals surface area contributed by atoms with Gasteiger partial charge in [0.15, 0.2) is 0 Å². The van der Waals surface area contributed by atoms with Gasteiger partial charge in [-0.15, -0.1) is 0 Å². The Kier molecular flexibility index (Phi) is 5.63. The molecule has 2 rings (SSSR count). The van der Waals surface area contributed by atoms with E-state index >= 15 is 0 Å². The summed E-state index contributed by atoms with van der Waals surface area (Å²) in [6.07, 6.45) is 0. The van der Waals surface area contributed by atoms with Gasteiger partial charge < -0.3 is 10.4 Å². The van der Waals surface area contributed by atoms with Crippen LogP contribution in [0.5, 0.6) is 0 Å². The van der Waals surface area contributed by atoms with Crippen LogP contribution < -0.4 is 10.9 Å². The summed E-state index contributed by atoms with van der Waals surface area (Å²) in [6.45, 7) is 2.85. The second kappa shape index (κ2) is 7.69. The normalized spacial score (nSPS) is 12.0. The molecule has 8 heteroatoms. The predicted molar refractivity (Wildman–Crippen MR) is 88.3 cm³/mol. The number of hydrogen-bond donors (Lipinski definition) is 2. The molecule has 0 aliphatic carbocycles. The van der Waals surface area contributed by atoms with E-state index in [9.17, 15) is 18.8 Å². The van der Waals surface area contributed by atoms with Gasteiger partial charge in [0.1, 0.15) is 18.4 Å². The summed E-state index contributed by atoms with van der Waals surface area (Å²) >= 11 is 0. The van der Waals surface area contributed by atoms with E-state index in [0.29, 0.717) is 0 Å². The van der Waals surface area contributed by atoms with Crippen LogP contribution in [0.25, 0.3) is 11.3 Å². The van der Waals surface area contributed by atoms with Gasteiger partial charge in [-0.2, -0.15) is 5.10 Å². The maximum atomic E-state index is 13.8. The highest BCUT2D eigenvalue weighted by Crippen LogP contribution is 2.18. The third-order valence-corrected chi connectivity index (χ3v) is 3.56. The lowest BCUT2D eigenvalue weighted by atomic mass is 10.1. The zero-order valence-electron chi connectivity index (χ0n) is 13.8. The minimum Gasteiger partial charge on any atom is -0.480 e. The summed E-state index contributed by atoms with van der Waals surface area (Å²) in [6, 6.07) is 7.40. The molecule has 0 aliphatic rings. The highest BCUT2D eigenvalue weighted by molar-refractivity contribution is 5.83. The molecule has 0 aliphatic heterocycles. The quantitative estimate of drug-likeness (QED) is 0.820. The third kappa shape index (κ3) is 4.50. The summed E-state index contributed by atoms with van der Waals surface area (Å²) in [7, 11) is 0. The van der Waals surface area contributed by atoms with E-state index in [1.807, 2.05) is 0 Å². The standard InChI is InChI=1S/C17H18FN3O4/c1-10(2)16(17(24)25)19-14(22)9-21-15(23)8-7-13(20-21)11-5-3-4-6-12(11)18/h3-8,10,16H,9H2,1-2H3,(H,19,22)(H,24,25)/t16-/m0/s1. The van der Waals surface area contributed by atoms with Gasteiger partial charge >= 0.3 is 5.97 Å². The number of hydrogen-bond acceptors (Lipinski definition) is 4. The summed E-state index contributed by atoms with van der Waals surface area (Å²) in [5.41, 5.74) is -0.155. The van der Waals surface area contributed by atoms with E-state index in [0.717, 1.165) is 4.68 Å². The second-order valence-electron chi connectivity index (χ2n) is 5.82. The molecule has 2 N–H and O–H groups in total. The minimum absolute atomic E-state index is 0.197. The van der Waals surface area contributed by atoms with Crippen molar-refractivity contribution in [1.29, 1.82) is 0 Å². The Morgan fingerprint density at radius 3 is 2.52 bits per heavy atom. The fourth-order valence-corrected chi connectivity index (χ4v) is 2.24. The van der Waals surface area contributed by atoms with Gasteiger partial charge in [0.2, 0.25) is 5.91 Å². The highest BCUT2D eigenvalue weighted by Gasteiger charge is 2.23. The molecule has 0 saturated carbocycles. The highest BCUT2D eigenvalue weighted by atomic mass is 19.1. The topological polar surface area (TPSA) is 101 Å². The molecule has 0 bridgehead atoms. The Morgan fingerprint density at radius 2 is 1.92 bits per heavy atom. The van der Waals surface area contributed by atoms with Crippen molar-refractivity contribution in [2.45, 2.75) is 26.4 Å². The van der Waals surface area contributed by atoms with Crippen molar-refractivity contribution in [1.82, 2.24) is 15.1 Å². The number of carbonyl (C=O) groups excluding carboxylic acids is 1. The van der Waals surface area contributed by atoms with Crippen LogP contribution in [-0.4, -0.2) is 32.8 Å². The Balaban J connectivity index is 2.24. The van der Waals surface area contributed by atoms with Gasteiger partial charge in [0, 0.05) is 11.6 Å². The van der Waals surface area contributed by atoms with Crippen LogP contribution in [0.3, 0.4) is 0 Å². The van der Waals surface area contributed by atoms with Gasteiger partial charge in [-0.1, -0.05) is 26.0 Å². The molecule has 0 unspecified atom stereocenters. The number of nitrogens with one attached hydrogen (secondary N) is 1. The largest absolute Gasteiger partial charge is 0.480 e. The molecule has 7 nitrogen and oxygen atoms in total. The maximum absolute atomic E-state index is 13.8. The van der Waals surface area contributed by atoms with Gasteiger partial charge in [0.25, 0.3) is 5.56 Å². The van der Waals surface area contributed by atoms with E-state index in [-0.39, 0.29) is 17.2 Å². The number of amides is 1. The number of aromatic nitrogens is 2.